The van der Waals surface area contributed by atoms with Crippen molar-refractivity contribution < 1.29 is 9.53 Å². The van der Waals surface area contributed by atoms with Gasteiger partial charge in [-0.3, -0.25) is 4.79 Å². The molecule has 1 aliphatic rings. The van der Waals surface area contributed by atoms with Gasteiger partial charge in [0.25, 0.3) is 5.91 Å². The van der Waals surface area contributed by atoms with Gasteiger partial charge in [-0.2, -0.15) is 0 Å². The first kappa shape index (κ1) is 13.6. The van der Waals surface area contributed by atoms with Gasteiger partial charge in [0.2, 0.25) is 0 Å². The summed E-state index contributed by atoms with van der Waals surface area (Å²) in [5.41, 5.74) is 6.64. The normalized spacial score (nSPS) is 19.7. The molecule has 5 heteroatoms. The van der Waals surface area contributed by atoms with Crippen LogP contribution in [-0.4, -0.2) is 37.0 Å². The van der Waals surface area contributed by atoms with Crippen LogP contribution in [0.5, 0.6) is 5.75 Å². The minimum absolute atomic E-state index is 0.0669. The second-order valence-corrected chi connectivity index (χ2v) is 5.66. The molecule has 0 aromatic heterocycles. The quantitative estimate of drug-likeness (QED) is 0.820. The van der Waals surface area contributed by atoms with Crippen molar-refractivity contribution in [3.63, 3.8) is 0 Å². The van der Waals surface area contributed by atoms with Crippen LogP contribution in [0.3, 0.4) is 0 Å². The summed E-state index contributed by atoms with van der Waals surface area (Å²) in [6, 6.07) is 5.62. The molecule has 0 saturated carbocycles. The van der Waals surface area contributed by atoms with E-state index in [4.69, 9.17) is 10.5 Å². The smallest absolute Gasteiger partial charge is 0.254 e. The highest BCUT2D eigenvalue weighted by molar-refractivity contribution is 14.1. The highest BCUT2D eigenvalue weighted by atomic mass is 127. The van der Waals surface area contributed by atoms with Gasteiger partial charge in [0.1, 0.15) is 5.75 Å². The number of carbonyl (C=O) groups is 1. The number of methoxy groups -OCH3 is 1. The minimum Gasteiger partial charge on any atom is -0.497 e. The lowest BCUT2D eigenvalue weighted by Crippen LogP contribution is -2.45. The lowest BCUT2D eigenvalue weighted by molar-refractivity contribution is 0.0707. The monoisotopic (exact) mass is 360 g/mol. The van der Waals surface area contributed by atoms with Gasteiger partial charge < -0.3 is 15.4 Å². The van der Waals surface area contributed by atoms with E-state index in [-0.39, 0.29) is 11.9 Å². The lowest BCUT2D eigenvalue weighted by Gasteiger charge is -2.31. The van der Waals surface area contributed by atoms with Crippen LogP contribution in [0, 0.1) is 3.57 Å². The van der Waals surface area contributed by atoms with E-state index in [1.165, 1.54) is 0 Å². The summed E-state index contributed by atoms with van der Waals surface area (Å²) in [6.07, 6.45) is 1.99. The Hall–Kier alpha value is -0.820. The fraction of sp³-hybridized carbons (Fsp3) is 0.462. The SMILES string of the molecule is COc1ccc(C(=O)N2CCCC(N)C2)c(I)c1. The van der Waals surface area contributed by atoms with Gasteiger partial charge in [-0.1, -0.05) is 0 Å². The molecular formula is C13H17IN2O2. The second kappa shape index (κ2) is 5.88. The second-order valence-electron chi connectivity index (χ2n) is 4.50. The molecule has 2 N–H and O–H groups in total. The molecule has 0 spiro atoms. The third kappa shape index (κ3) is 2.95. The molecule has 0 aliphatic carbocycles. The van der Waals surface area contributed by atoms with Crippen molar-refractivity contribution in [2.45, 2.75) is 18.9 Å². The number of rotatable bonds is 2. The van der Waals surface area contributed by atoms with Crippen molar-refractivity contribution in [2.75, 3.05) is 20.2 Å². The van der Waals surface area contributed by atoms with E-state index in [9.17, 15) is 4.79 Å². The number of carbonyl (C=O) groups excluding carboxylic acids is 1. The van der Waals surface area contributed by atoms with Crippen molar-refractivity contribution in [3.8, 4) is 5.75 Å². The molecule has 1 atom stereocenters. The van der Waals surface area contributed by atoms with E-state index >= 15 is 0 Å². The van der Waals surface area contributed by atoms with Gasteiger partial charge in [0.05, 0.1) is 12.7 Å². The largest absolute Gasteiger partial charge is 0.497 e. The maximum absolute atomic E-state index is 12.4. The van der Waals surface area contributed by atoms with Crippen LogP contribution in [-0.2, 0) is 0 Å². The molecule has 1 aromatic rings. The van der Waals surface area contributed by atoms with Crippen LogP contribution in [0.2, 0.25) is 0 Å². The Kier molecular flexibility index (Phi) is 4.45. The highest BCUT2D eigenvalue weighted by Crippen LogP contribution is 2.22. The van der Waals surface area contributed by atoms with Gasteiger partial charge in [-0.15, -0.1) is 0 Å². The van der Waals surface area contributed by atoms with Gasteiger partial charge in [-0.25, -0.2) is 0 Å². The molecule has 1 aliphatic heterocycles. The highest BCUT2D eigenvalue weighted by Gasteiger charge is 2.23. The predicted octanol–water partition coefficient (Wildman–Crippen LogP) is 1.86. The molecule has 1 fully saturated rings. The number of benzene rings is 1. The van der Waals surface area contributed by atoms with Crippen LogP contribution in [0.1, 0.15) is 23.2 Å². The number of amides is 1. The van der Waals surface area contributed by atoms with Crippen molar-refractivity contribution in [1.29, 1.82) is 0 Å². The summed E-state index contributed by atoms with van der Waals surface area (Å²) < 4.78 is 6.06. The Morgan fingerprint density at radius 1 is 1.56 bits per heavy atom. The number of halogens is 1. The van der Waals surface area contributed by atoms with E-state index in [1.54, 1.807) is 7.11 Å². The van der Waals surface area contributed by atoms with E-state index < -0.39 is 0 Å². The third-order valence-corrected chi connectivity index (χ3v) is 4.04. The zero-order valence-electron chi connectivity index (χ0n) is 10.4. The Morgan fingerprint density at radius 3 is 2.94 bits per heavy atom. The Labute approximate surface area is 121 Å². The molecule has 2 rings (SSSR count). The summed E-state index contributed by atoms with van der Waals surface area (Å²) in [6.45, 7) is 1.45. The fourth-order valence-electron chi connectivity index (χ4n) is 2.16. The number of nitrogens with two attached hydrogens (primary N) is 1. The summed E-state index contributed by atoms with van der Waals surface area (Å²) >= 11 is 2.17. The van der Waals surface area contributed by atoms with Crippen LogP contribution >= 0.6 is 22.6 Å². The fourth-order valence-corrected chi connectivity index (χ4v) is 2.88. The lowest BCUT2D eigenvalue weighted by atomic mass is 10.1. The summed E-state index contributed by atoms with van der Waals surface area (Å²) in [5, 5.41) is 0. The van der Waals surface area contributed by atoms with Gasteiger partial charge in [-0.05, 0) is 53.6 Å². The molecule has 98 valence electrons. The zero-order valence-corrected chi connectivity index (χ0v) is 12.5. The molecule has 18 heavy (non-hydrogen) atoms. The van der Waals surface area contributed by atoms with Crippen LogP contribution in [0.25, 0.3) is 0 Å². The van der Waals surface area contributed by atoms with Gasteiger partial charge >= 0.3 is 0 Å². The summed E-state index contributed by atoms with van der Waals surface area (Å²) in [4.78, 5) is 14.2. The first-order chi connectivity index (χ1) is 8.61. The predicted molar refractivity (Wildman–Crippen MR) is 78.8 cm³/mol. The maximum Gasteiger partial charge on any atom is 0.254 e. The van der Waals surface area contributed by atoms with Crippen molar-refractivity contribution >= 4 is 28.5 Å². The van der Waals surface area contributed by atoms with Gasteiger partial charge in [0.15, 0.2) is 0 Å². The molecule has 1 saturated heterocycles. The number of hydrogen-bond acceptors (Lipinski definition) is 3. The van der Waals surface area contributed by atoms with Crippen molar-refractivity contribution in [1.82, 2.24) is 4.90 Å². The topological polar surface area (TPSA) is 55.6 Å². The number of nitrogens with zero attached hydrogens (tertiary/aromatic N) is 1. The van der Waals surface area contributed by atoms with Crippen molar-refractivity contribution in [3.05, 3.63) is 27.3 Å². The molecule has 1 amide bonds. The minimum atomic E-state index is 0.0669. The Bertz CT molecular complexity index is 451. The molecule has 1 aromatic carbocycles. The molecular weight excluding hydrogens is 343 g/mol. The van der Waals surface area contributed by atoms with E-state index in [0.29, 0.717) is 6.54 Å². The molecule has 1 heterocycles. The maximum atomic E-state index is 12.4. The average Bonchev–Trinajstić information content (AvgIpc) is 2.37. The number of piperidine rings is 1. The first-order valence-corrected chi connectivity index (χ1v) is 7.08. The molecule has 0 radical (unpaired) electrons. The van der Waals surface area contributed by atoms with Crippen LogP contribution in [0.4, 0.5) is 0 Å². The molecule has 0 bridgehead atoms. The average molecular weight is 360 g/mol. The van der Waals surface area contributed by atoms with Crippen molar-refractivity contribution in [2.24, 2.45) is 5.73 Å². The van der Waals surface area contributed by atoms with Crippen LogP contribution in [0.15, 0.2) is 18.2 Å². The third-order valence-electron chi connectivity index (χ3n) is 3.15. The Balaban J connectivity index is 2.17. The number of hydrogen-bond donors (Lipinski definition) is 1. The van der Waals surface area contributed by atoms with E-state index in [1.807, 2.05) is 23.1 Å². The first-order valence-electron chi connectivity index (χ1n) is 6.00. The van der Waals surface area contributed by atoms with Gasteiger partial charge in [0, 0.05) is 22.7 Å². The number of ether oxygens (including phenoxy) is 1. The number of likely N-dealkylation sites (tertiary alicyclic amines) is 1. The van der Waals surface area contributed by atoms with Crippen LogP contribution < -0.4 is 10.5 Å². The molecule has 4 nitrogen and oxygen atoms in total. The Morgan fingerprint density at radius 2 is 2.33 bits per heavy atom. The summed E-state index contributed by atoms with van der Waals surface area (Å²) in [7, 11) is 1.62. The van der Waals surface area contributed by atoms with E-state index in [2.05, 4.69) is 22.6 Å². The standard InChI is InChI=1S/C13H17IN2O2/c1-18-10-4-5-11(12(14)7-10)13(17)16-6-2-3-9(15)8-16/h4-5,7,9H,2-3,6,8,15H2,1H3. The molecule has 1 unspecified atom stereocenters. The zero-order chi connectivity index (χ0) is 13.1. The van der Waals surface area contributed by atoms with E-state index in [0.717, 1.165) is 34.3 Å². The summed E-state index contributed by atoms with van der Waals surface area (Å²) in [5.74, 6) is 0.837.